The average Bonchev–Trinajstić information content (AvgIpc) is 2.42. The summed E-state index contributed by atoms with van der Waals surface area (Å²) in [6.45, 7) is 6.19. The summed E-state index contributed by atoms with van der Waals surface area (Å²) in [5.41, 5.74) is 0.202. The summed E-state index contributed by atoms with van der Waals surface area (Å²) in [6.07, 6.45) is -5.42. The molecule has 0 saturated carbocycles. The third kappa shape index (κ3) is 6.68. The van der Waals surface area contributed by atoms with E-state index >= 15 is 0 Å². The van der Waals surface area contributed by atoms with Gasteiger partial charge in [0, 0.05) is 13.1 Å². The van der Waals surface area contributed by atoms with Crippen LogP contribution in [-0.4, -0.2) is 48.7 Å². The maximum absolute atomic E-state index is 12.3. The van der Waals surface area contributed by atoms with Crippen molar-refractivity contribution in [1.82, 2.24) is 4.90 Å². The zero-order valence-corrected chi connectivity index (χ0v) is 12.2. The molecule has 0 heterocycles. The molecule has 2 N–H and O–H groups in total. The van der Waals surface area contributed by atoms with Crippen LogP contribution in [0.25, 0.3) is 0 Å². The lowest BCUT2D eigenvalue weighted by Gasteiger charge is -2.22. The standard InChI is InChI=1S/C14H21F3N2O2/c1-3-19(4-2)10-11(20)9-18-12-7-5-6-8-13(12)21-14(15,16)17/h5-8,11,18,20H,3-4,9-10H2,1-2H3. The number of aliphatic hydroxyl groups is 1. The number of hydrogen-bond acceptors (Lipinski definition) is 4. The van der Waals surface area contributed by atoms with Gasteiger partial charge in [-0.1, -0.05) is 26.0 Å². The van der Waals surface area contributed by atoms with Crippen LogP contribution in [0.4, 0.5) is 18.9 Å². The molecule has 1 rings (SSSR count). The molecular weight excluding hydrogens is 285 g/mol. The molecule has 0 fully saturated rings. The van der Waals surface area contributed by atoms with Crippen molar-refractivity contribution in [3.8, 4) is 5.75 Å². The average molecular weight is 306 g/mol. The molecule has 120 valence electrons. The SMILES string of the molecule is CCN(CC)CC(O)CNc1ccccc1OC(F)(F)F. The number of hydrogen-bond donors (Lipinski definition) is 2. The van der Waals surface area contributed by atoms with E-state index in [1.54, 1.807) is 6.07 Å². The topological polar surface area (TPSA) is 44.7 Å². The molecular formula is C14H21F3N2O2. The van der Waals surface area contributed by atoms with Gasteiger partial charge in [0.25, 0.3) is 0 Å². The Morgan fingerprint density at radius 1 is 1.24 bits per heavy atom. The first-order chi connectivity index (χ1) is 9.85. The summed E-state index contributed by atoms with van der Waals surface area (Å²) in [4.78, 5) is 2.03. The third-order valence-corrected chi connectivity index (χ3v) is 3.00. The van der Waals surface area contributed by atoms with Crippen LogP contribution in [0, 0.1) is 0 Å². The van der Waals surface area contributed by atoms with E-state index in [4.69, 9.17) is 0 Å². The highest BCUT2D eigenvalue weighted by atomic mass is 19.4. The van der Waals surface area contributed by atoms with Crippen LogP contribution in [0.2, 0.25) is 0 Å². The van der Waals surface area contributed by atoms with Crippen molar-refractivity contribution in [2.24, 2.45) is 0 Å². The fraction of sp³-hybridized carbons (Fsp3) is 0.571. The molecule has 0 spiro atoms. The second-order valence-corrected chi connectivity index (χ2v) is 4.56. The lowest BCUT2D eigenvalue weighted by atomic mass is 10.2. The Bertz CT molecular complexity index is 423. The molecule has 0 saturated heterocycles. The van der Waals surface area contributed by atoms with Crippen LogP contribution in [-0.2, 0) is 0 Å². The summed E-state index contributed by atoms with van der Waals surface area (Å²) in [6, 6.07) is 5.76. The zero-order valence-electron chi connectivity index (χ0n) is 12.2. The maximum atomic E-state index is 12.3. The number of nitrogens with zero attached hydrogens (tertiary/aromatic N) is 1. The molecule has 0 aliphatic heterocycles. The number of benzene rings is 1. The first-order valence-corrected chi connectivity index (χ1v) is 6.84. The Morgan fingerprint density at radius 3 is 2.43 bits per heavy atom. The van der Waals surface area contributed by atoms with Crippen molar-refractivity contribution >= 4 is 5.69 Å². The van der Waals surface area contributed by atoms with Gasteiger partial charge in [-0.2, -0.15) is 0 Å². The Balaban J connectivity index is 2.59. The van der Waals surface area contributed by atoms with E-state index in [0.29, 0.717) is 6.54 Å². The van der Waals surface area contributed by atoms with E-state index in [-0.39, 0.29) is 18.0 Å². The largest absolute Gasteiger partial charge is 0.573 e. The van der Waals surface area contributed by atoms with Crippen molar-refractivity contribution in [3.63, 3.8) is 0 Å². The molecule has 7 heteroatoms. The van der Waals surface area contributed by atoms with Gasteiger partial charge >= 0.3 is 6.36 Å². The summed E-state index contributed by atoms with van der Waals surface area (Å²) in [5.74, 6) is -0.306. The maximum Gasteiger partial charge on any atom is 0.573 e. The predicted octanol–water partition coefficient (Wildman–Crippen LogP) is 2.70. The molecule has 1 aromatic carbocycles. The fourth-order valence-corrected chi connectivity index (χ4v) is 1.90. The van der Waals surface area contributed by atoms with E-state index in [1.165, 1.54) is 18.2 Å². The van der Waals surface area contributed by atoms with Crippen molar-refractivity contribution in [3.05, 3.63) is 24.3 Å². The molecule has 1 atom stereocenters. The molecule has 4 nitrogen and oxygen atoms in total. The Morgan fingerprint density at radius 2 is 1.86 bits per heavy atom. The van der Waals surface area contributed by atoms with Gasteiger partial charge in [0.1, 0.15) is 0 Å². The van der Waals surface area contributed by atoms with Gasteiger partial charge < -0.3 is 20.1 Å². The van der Waals surface area contributed by atoms with Gasteiger partial charge in [0.2, 0.25) is 0 Å². The van der Waals surface area contributed by atoms with Gasteiger partial charge in [-0.3, -0.25) is 0 Å². The number of rotatable bonds is 8. The summed E-state index contributed by atoms with van der Waals surface area (Å²) in [5, 5.41) is 12.7. The minimum atomic E-state index is -4.74. The quantitative estimate of drug-likeness (QED) is 0.775. The van der Waals surface area contributed by atoms with Gasteiger partial charge in [0.15, 0.2) is 5.75 Å². The summed E-state index contributed by atoms with van der Waals surface area (Å²) >= 11 is 0. The fourth-order valence-electron chi connectivity index (χ4n) is 1.90. The van der Waals surface area contributed by atoms with E-state index in [2.05, 4.69) is 10.1 Å². The first-order valence-electron chi connectivity index (χ1n) is 6.84. The van der Waals surface area contributed by atoms with Crippen LogP contribution in [0.15, 0.2) is 24.3 Å². The molecule has 0 amide bonds. The van der Waals surface area contributed by atoms with Crippen molar-refractivity contribution in [2.45, 2.75) is 26.3 Å². The second kappa shape index (κ2) is 8.09. The Kier molecular flexibility index (Phi) is 6.77. The lowest BCUT2D eigenvalue weighted by Crippen LogP contribution is -2.36. The molecule has 0 aliphatic rings. The Labute approximate surface area is 122 Å². The summed E-state index contributed by atoms with van der Waals surface area (Å²) in [7, 11) is 0. The number of nitrogens with one attached hydrogen (secondary N) is 1. The minimum Gasteiger partial charge on any atom is -0.404 e. The third-order valence-electron chi connectivity index (χ3n) is 3.00. The van der Waals surface area contributed by atoms with Crippen molar-refractivity contribution in [2.75, 3.05) is 31.5 Å². The Hall–Kier alpha value is -1.47. The molecule has 0 bridgehead atoms. The number of likely N-dealkylation sites (N-methyl/N-ethyl adjacent to an activating group) is 1. The smallest absolute Gasteiger partial charge is 0.404 e. The van der Waals surface area contributed by atoms with Crippen LogP contribution in [0.1, 0.15) is 13.8 Å². The van der Waals surface area contributed by atoms with Crippen molar-refractivity contribution in [1.29, 1.82) is 0 Å². The molecule has 21 heavy (non-hydrogen) atoms. The van der Waals surface area contributed by atoms with E-state index < -0.39 is 12.5 Å². The van der Waals surface area contributed by atoms with E-state index in [1.807, 2.05) is 18.7 Å². The predicted molar refractivity (Wildman–Crippen MR) is 75.4 cm³/mol. The van der Waals surface area contributed by atoms with E-state index in [9.17, 15) is 18.3 Å². The molecule has 0 aliphatic carbocycles. The first kappa shape index (κ1) is 17.6. The van der Waals surface area contributed by atoms with Gasteiger partial charge in [-0.05, 0) is 25.2 Å². The highest BCUT2D eigenvalue weighted by Gasteiger charge is 2.32. The van der Waals surface area contributed by atoms with Gasteiger partial charge in [-0.15, -0.1) is 13.2 Å². The number of para-hydroxylation sites is 2. The molecule has 1 aromatic rings. The second-order valence-electron chi connectivity index (χ2n) is 4.56. The van der Waals surface area contributed by atoms with Crippen LogP contribution in [0.3, 0.4) is 0 Å². The highest BCUT2D eigenvalue weighted by molar-refractivity contribution is 5.56. The molecule has 1 unspecified atom stereocenters. The monoisotopic (exact) mass is 306 g/mol. The number of aliphatic hydroxyl groups excluding tert-OH is 1. The highest BCUT2D eigenvalue weighted by Crippen LogP contribution is 2.29. The minimum absolute atomic E-state index is 0.148. The number of alkyl halides is 3. The normalized spacial score (nSPS) is 13.3. The van der Waals surface area contributed by atoms with Crippen LogP contribution in [0.5, 0.6) is 5.75 Å². The van der Waals surface area contributed by atoms with Gasteiger partial charge in [-0.25, -0.2) is 0 Å². The number of halogens is 3. The molecule has 0 aromatic heterocycles. The zero-order chi connectivity index (χ0) is 15.9. The van der Waals surface area contributed by atoms with Crippen LogP contribution < -0.4 is 10.1 Å². The molecule has 0 radical (unpaired) electrons. The lowest BCUT2D eigenvalue weighted by molar-refractivity contribution is -0.274. The number of anilines is 1. The van der Waals surface area contributed by atoms with Gasteiger partial charge in [0.05, 0.1) is 11.8 Å². The van der Waals surface area contributed by atoms with E-state index in [0.717, 1.165) is 13.1 Å². The summed E-state index contributed by atoms with van der Waals surface area (Å²) < 4.78 is 40.8. The van der Waals surface area contributed by atoms with Crippen molar-refractivity contribution < 1.29 is 23.0 Å². The number of ether oxygens (including phenoxy) is 1. The van der Waals surface area contributed by atoms with Crippen LogP contribution >= 0.6 is 0 Å².